The highest BCUT2D eigenvalue weighted by Crippen LogP contribution is 2.28. The van der Waals surface area contributed by atoms with Crippen LogP contribution in [0.15, 0.2) is 18.2 Å². The van der Waals surface area contributed by atoms with E-state index in [1.54, 1.807) is 0 Å². The Bertz CT molecular complexity index is 488. The predicted molar refractivity (Wildman–Crippen MR) is 67.4 cm³/mol. The summed E-state index contributed by atoms with van der Waals surface area (Å²) in [6, 6.07) is 3.87. The van der Waals surface area contributed by atoms with Crippen LogP contribution in [-0.4, -0.2) is 28.5 Å². The van der Waals surface area contributed by atoms with Gasteiger partial charge in [-0.3, -0.25) is 14.9 Å². The Hall–Kier alpha value is -1.95. The number of carbonyl (C=O) groups is 1. The van der Waals surface area contributed by atoms with Gasteiger partial charge in [0, 0.05) is 12.1 Å². The Kier molecular flexibility index (Phi) is 4.11. The highest BCUT2D eigenvalue weighted by molar-refractivity contribution is 5.80. The number of nitro benzene ring substituents is 1. The molecule has 2 unspecified atom stereocenters. The molecule has 0 spiro atoms. The molecule has 0 aromatic heterocycles. The van der Waals surface area contributed by atoms with Crippen molar-refractivity contribution in [2.75, 3.05) is 0 Å². The van der Waals surface area contributed by atoms with Gasteiger partial charge < -0.3 is 9.84 Å². The summed E-state index contributed by atoms with van der Waals surface area (Å²) in [6.07, 6.45) is 2.94. The molecule has 0 amide bonds. The summed E-state index contributed by atoms with van der Waals surface area (Å²) in [6.45, 7) is 0. The maximum Gasteiger partial charge on any atom is 0.270 e. The van der Waals surface area contributed by atoms with Gasteiger partial charge in [-0.1, -0.05) is 6.42 Å². The standard InChI is InChI=1S/C13H15NO5/c15-8-9-7-10(14(17)18)5-6-12(9)19-13-4-2-1-3-11(13)16/h5-8,11,13,16H,1-4H2. The first-order valence-corrected chi connectivity index (χ1v) is 6.20. The molecule has 1 aliphatic carbocycles. The molecular formula is C13H15NO5. The highest BCUT2D eigenvalue weighted by Gasteiger charge is 2.25. The molecule has 1 aliphatic rings. The fourth-order valence-electron chi connectivity index (χ4n) is 2.23. The van der Waals surface area contributed by atoms with Crippen LogP contribution in [0.4, 0.5) is 5.69 Å². The van der Waals surface area contributed by atoms with Crippen molar-refractivity contribution in [2.45, 2.75) is 37.9 Å². The van der Waals surface area contributed by atoms with Gasteiger partial charge in [-0.05, 0) is 25.3 Å². The molecule has 0 radical (unpaired) electrons. The van der Waals surface area contributed by atoms with Crippen LogP contribution in [0.5, 0.6) is 5.75 Å². The van der Waals surface area contributed by atoms with E-state index in [-0.39, 0.29) is 23.1 Å². The predicted octanol–water partition coefficient (Wildman–Crippen LogP) is 2.09. The van der Waals surface area contributed by atoms with Gasteiger partial charge in [-0.2, -0.15) is 0 Å². The second kappa shape index (κ2) is 5.79. The minimum Gasteiger partial charge on any atom is -0.487 e. The molecule has 0 aliphatic heterocycles. The number of nitrogens with zero attached hydrogens (tertiary/aromatic N) is 1. The molecule has 1 aromatic rings. The van der Waals surface area contributed by atoms with Crippen LogP contribution in [-0.2, 0) is 0 Å². The van der Waals surface area contributed by atoms with E-state index in [1.165, 1.54) is 18.2 Å². The maximum absolute atomic E-state index is 11.0. The molecule has 1 N–H and O–H groups in total. The zero-order chi connectivity index (χ0) is 13.8. The van der Waals surface area contributed by atoms with Crippen LogP contribution in [0.25, 0.3) is 0 Å². The van der Waals surface area contributed by atoms with Gasteiger partial charge in [0.15, 0.2) is 6.29 Å². The van der Waals surface area contributed by atoms with E-state index in [9.17, 15) is 20.0 Å². The van der Waals surface area contributed by atoms with Crippen molar-refractivity contribution in [3.05, 3.63) is 33.9 Å². The van der Waals surface area contributed by atoms with Crippen LogP contribution >= 0.6 is 0 Å². The van der Waals surface area contributed by atoms with Crippen molar-refractivity contribution < 1.29 is 19.6 Å². The first-order valence-electron chi connectivity index (χ1n) is 6.20. The molecule has 19 heavy (non-hydrogen) atoms. The second-order valence-electron chi connectivity index (χ2n) is 4.61. The third-order valence-electron chi connectivity index (χ3n) is 3.28. The number of hydrogen-bond acceptors (Lipinski definition) is 5. The zero-order valence-corrected chi connectivity index (χ0v) is 10.3. The Morgan fingerprint density at radius 3 is 2.74 bits per heavy atom. The fourth-order valence-corrected chi connectivity index (χ4v) is 2.23. The number of non-ortho nitro benzene ring substituents is 1. The Morgan fingerprint density at radius 1 is 1.37 bits per heavy atom. The number of ether oxygens (including phenoxy) is 1. The average Bonchev–Trinajstić information content (AvgIpc) is 2.41. The molecule has 0 bridgehead atoms. The van der Waals surface area contributed by atoms with Gasteiger partial charge in [0.05, 0.1) is 16.6 Å². The van der Waals surface area contributed by atoms with E-state index in [4.69, 9.17) is 4.74 Å². The van der Waals surface area contributed by atoms with E-state index >= 15 is 0 Å². The maximum atomic E-state index is 11.0. The first-order chi connectivity index (χ1) is 9.11. The number of carbonyl (C=O) groups excluding carboxylic acids is 1. The Labute approximate surface area is 110 Å². The van der Waals surface area contributed by atoms with E-state index in [2.05, 4.69) is 0 Å². The number of aldehydes is 1. The molecule has 1 fully saturated rings. The molecule has 0 heterocycles. The highest BCUT2D eigenvalue weighted by atomic mass is 16.6. The number of benzene rings is 1. The lowest BCUT2D eigenvalue weighted by Crippen LogP contribution is -2.34. The van der Waals surface area contributed by atoms with Crippen molar-refractivity contribution in [3.8, 4) is 5.75 Å². The lowest BCUT2D eigenvalue weighted by Gasteiger charge is -2.28. The number of aliphatic hydroxyl groups excluding tert-OH is 1. The van der Waals surface area contributed by atoms with E-state index in [1.807, 2.05) is 0 Å². The number of hydrogen-bond donors (Lipinski definition) is 1. The summed E-state index contributed by atoms with van der Waals surface area (Å²) in [5, 5.41) is 20.4. The molecule has 2 rings (SSSR count). The Balaban J connectivity index is 2.19. The third kappa shape index (κ3) is 3.08. The van der Waals surface area contributed by atoms with E-state index in [0.29, 0.717) is 12.7 Å². The van der Waals surface area contributed by atoms with Gasteiger partial charge in [0.1, 0.15) is 11.9 Å². The number of aliphatic hydroxyl groups is 1. The fraction of sp³-hybridized carbons (Fsp3) is 0.462. The van der Waals surface area contributed by atoms with Crippen LogP contribution < -0.4 is 4.74 Å². The Morgan fingerprint density at radius 2 is 2.11 bits per heavy atom. The smallest absolute Gasteiger partial charge is 0.270 e. The molecule has 6 nitrogen and oxygen atoms in total. The summed E-state index contributed by atoms with van der Waals surface area (Å²) >= 11 is 0. The van der Waals surface area contributed by atoms with Gasteiger partial charge in [0.25, 0.3) is 5.69 Å². The molecule has 6 heteroatoms. The normalized spacial score (nSPS) is 22.8. The third-order valence-corrected chi connectivity index (χ3v) is 3.28. The average molecular weight is 265 g/mol. The van der Waals surface area contributed by atoms with Crippen molar-refractivity contribution in [1.29, 1.82) is 0 Å². The minimum absolute atomic E-state index is 0.131. The molecule has 1 aromatic carbocycles. The number of rotatable bonds is 4. The molecule has 2 atom stereocenters. The lowest BCUT2D eigenvalue weighted by atomic mass is 9.95. The van der Waals surface area contributed by atoms with Gasteiger partial charge in [-0.25, -0.2) is 0 Å². The van der Waals surface area contributed by atoms with E-state index in [0.717, 1.165) is 19.3 Å². The summed E-state index contributed by atoms with van der Waals surface area (Å²) in [4.78, 5) is 21.0. The van der Waals surface area contributed by atoms with Crippen LogP contribution in [0.3, 0.4) is 0 Å². The zero-order valence-electron chi connectivity index (χ0n) is 10.3. The summed E-state index contributed by atoms with van der Waals surface area (Å²) in [5.41, 5.74) is -0.0226. The summed E-state index contributed by atoms with van der Waals surface area (Å²) in [5.74, 6) is 0.284. The number of nitro groups is 1. The van der Waals surface area contributed by atoms with Gasteiger partial charge in [0.2, 0.25) is 0 Å². The molecule has 1 saturated carbocycles. The topological polar surface area (TPSA) is 89.7 Å². The van der Waals surface area contributed by atoms with Crippen LogP contribution in [0.1, 0.15) is 36.0 Å². The van der Waals surface area contributed by atoms with Crippen LogP contribution in [0, 0.1) is 10.1 Å². The van der Waals surface area contributed by atoms with Crippen molar-refractivity contribution in [2.24, 2.45) is 0 Å². The summed E-state index contributed by atoms with van der Waals surface area (Å²) in [7, 11) is 0. The second-order valence-corrected chi connectivity index (χ2v) is 4.61. The minimum atomic E-state index is -0.563. The van der Waals surface area contributed by atoms with Crippen molar-refractivity contribution in [3.63, 3.8) is 0 Å². The largest absolute Gasteiger partial charge is 0.487 e. The first kappa shape index (κ1) is 13.5. The van der Waals surface area contributed by atoms with Crippen molar-refractivity contribution in [1.82, 2.24) is 0 Å². The monoisotopic (exact) mass is 265 g/mol. The lowest BCUT2D eigenvalue weighted by molar-refractivity contribution is -0.384. The molecule has 0 saturated heterocycles. The SMILES string of the molecule is O=Cc1cc([N+](=O)[O-])ccc1OC1CCCCC1O. The van der Waals surface area contributed by atoms with Gasteiger partial charge >= 0.3 is 0 Å². The quantitative estimate of drug-likeness (QED) is 0.511. The summed E-state index contributed by atoms with van der Waals surface area (Å²) < 4.78 is 5.62. The van der Waals surface area contributed by atoms with Crippen molar-refractivity contribution >= 4 is 12.0 Å². The molecular weight excluding hydrogens is 250 g/mol. The van der Waals surface area contributed by atoms with Gasteiger partial charge in [-0.15, -0.1) is 0 Å². The van der Waals surface area contributed by atoms with Crippen LogP contribution in [0.2, 0.25) is 0 Å². The van der Waals surface area contributed by atoms with E-state index < -0.39 is 11.0 Å². The molecule has 102 valence electrons.